The quantitative estimate of drug-likeness (QED) is 0.910. The summed E-state index contributed by atoms with van der Waals surface area (Å²) in [6.07, 6.45) is 0. The molecule has 0 unspecified atom stereocenters. The highest BCUT2D eigenvalue weighted by molar-refractivity contribution is 7.99. The molecule has 1 N–H and O–H groups in total. The van der Waals surface area contributed by atoms with Crippen LogP contribution in [0.1, 0.15) is 11.1 Å². The second-order valence-corrected chi connectivity index (χ2v) is 5.80. The molecule has 0 bridgehead atoms. The molecule has 1 aliphatic rings. The van der Waals surface area contributed by atoms with Gasteiger partial charge in [-0.2, -0.15) is 0 Å². The number of nitrogens with zero attached hydrogens (tertiary/aromatic N) is 1. The van der Waals surface area contributed by atoms with E-state index in [1.54, 1.807) is 23.8 Å². The van der Waals surface area contributed by atoms with E-state index in [1.807, 2.05) is 26.1 Å². The van der Waals surface area contributed by atoms with E-state index in [-0.39, 0.29) is 11.9 Å². The van der Waals surface area contributed by atoms with Crippen molar-refractivity contribution in [2.24, 2.45) is 0 Å². The molecule has 0 radical (unpaired) electrons. The minimum Gasteiger partial charge on any atom is -0.496 e. The zero-order valence-corrected chi connectivity index (χ0v) is 12.4. The summed E-state index contributed by atoms with van der Waals surface area (Å²) in [5.74, 6) is 2.78. The number of nitrogens with one attached hydrogen (secondary N) is 1. The molecule has 1 fully saturated rings. The largest absolute Gasteiger partial charge is 0.496 e. The number of carbonyl (C=O) groups is 1. The lowest BCUT2D eigenvalue weighted by Crippen LogP contribution is -2.42. The van der Waals surface area contributed by atoms with Gasteiger partial charge < -0.3 is 9.64 Å². The number of methoxy groups -OCH3 is 1. The number of amides is 1. The van der Waals surface area contributed by atoms with Crippen molar-refractivity contribution < 1.29 is 9.53 Å². The molecule has 1 amide bonds. The van der Waals surface area contributed by atoms with Crippen molar-refractivity contribution in [3.63, 3.8) is 0 Å². The van der Waals surface area contributed by atoms with Crippen molar-refractivity contribution in [3.05, 3.63) is 29.3 Å². The van der Waals surface area contributed by atoms with Crippen molar-refractivity contribution in [2.45, 2.75) is 19.5 Å². The Hall–Kier alpha value is -1.20. The molecule has 0 aromatic heterocycles. The Balaban J connectivity index is 1.99. The minimum absolute atomic E-state index is 0.0330. The summed E-state index contributed by atoms with van der Waals surface area (Å²) in [5.41, 5.74) is 2.22. The van der Waals surface area contributed by atoms with Crippen LogP contribution in [0.5, 0.6) is 5.75 Å². The average Bonchev–Trinajstić information content (AvgIpc) is 2.92. The Morgan fingerprint density at radius 1 is 1.58 bits per heavy atom. The Bertz CT molecular complexity index is 459. The molecule has 19 heavy (non-hydrogen) atoms. The normalized spacial score (nSPS) is 18.4. The smallest absolute Gasteiger partial charge is 0.240 e. The van der Waals surface area contributed by atoms with Crippen LogP contribution in [-0.2, 0) is 11.3 Å². The highest BCUT2D eigenvalue weighted by Crippen LogP contribution is 2.20. The molecule has 1 atom stereocenters. The predicted octanol–water partition coefficient (Wildman–Crippen LogP) is 1.62. The predicted molar refractivity (Wildman–Crippen MR) is 78.5 cm³/mol. The maximum atomic E-state index is 12.2. The van der Waals surface area contributed by atoms with Gasteiger partial charge >= 0.3 is 0 Å². The summed E-state index contributed by atoms with van der Waals surface area (Å²) in [7, 11) is 3.52. The molecule has 0 spiro atoms. The molecule has 5 heteroatoms. The van der Waals surface area contributed by atoms with Gasteiger partial charge in [0.2, 0.25) is 5.91 Å². The van der Waals surface area contributed by atoms with Gasteiger partial charge in [0.25, 0.3) is 0 Å². The highest BCUT2D eigenvalue weighted by atomic mass is 32.2. The molecule has 1 aliphatic heterocycles. The third-order valence-electron chi connectivity index (χ3n) is 3.27. The van der Waals surface area contributed by atoms with E-state index in [0.29, 0.717) is 6.54 Å². The van der Waals surface area contributed by atoms with Crippen LogP contribution in [0.15, 0.2) is 18.2 Å². The molecule has 1 saturated heterocycles. The molecule has 1 heterocycles. The van der Waals surface area contributed by atoms with Crippen LogP contribution in [0.3, 0.4) is 0 Å². The fraction of sp³-hybridized carbons (Fsp3) is 0.500. The van der Waals surface area contributed by atoms with Crippen LogP contribution in [0.25, 0.3) is 0 Å². The zero-order chi connectivity index (χ0) is 13.8. The first-order valence-corrected chi connectivity index (χ1v) is 7.47. The summed E-state index contributed by atoms with van der Waals surface area (Å²) >= 11 is 1.77. The number of rotatable bonds is 4. The lowest BCUT2D eigenvalue weighted by atomic mass is 10.1. The molecular weight excluding hydrogens is 260 g/mol. The monoisotopic (exact) mass is 280 g/mol. The van der Waals surface area contributed by atoms with E-state index in [1.165, 1.54) is 0 Å². The molecule has 0 saturated carbocycles. The highest BCUT2D eigenvalue weighted by Gasteiger charge is 2.25. The fourth-order valence-electron chi connectivity index (χ4n) is 2.21. The van der Waals surface area contributed by atoms with Crippen molar-refractivity contribution in [1.29, 1.82) is 0 Å². The molecule has 1 aromatic carbocycles. The van der Waals surface area contributed by atoms with E-state index >= 15 is 0 Å². The lowest BCUT2D eigenvalue weighted by molar-refractivity contribution is -0.131. The molecule has 2 rings (SSSR count). The van der Waals surface area contributed by atoms with Gasteiger partial charge in [-0.25, -0.2) is 0 Å². The maximum Gasteiger partial charge on any atom is 0.240 e. The van der Waals surface area contributed by atoms with Gasteiger partial charge in [0, 0.05) is 25.2 Å². The Morgan fingerprint density at radius 2 is 2.37 bits per heavy atom. The summed E-state index contributed by atoms with van der Waals surface area (Å²) in [4.78, 5) is 14.0. The SMILES string of the molecule is COc1ccc(CN(C)C(=O)[C@@H]2CSCN2)cc1C. The summed E-state index contributed by atoms with van der Waals surface area (Å²) in [5, 5.41) is 3.20. The molecule has 4 nitrogen and oxygen atoms in total. The third-order valence-corrected chi connectivity index (χ3v) is 4.21. The zero-order valence-electron chi connectivity index (χ0n) is 11.6. The molecule has 104 valence electrons. The van der Waals surface area contributed by atoms with Gasteiger partial charge in [0.15, 0.2) is 0 Å². The number of thioether (sulfide) groups is 1. The van der Waals surface area contributed by atoms with Crippen molar-refractivity contribution in [3.8, 4) is 5.75 Å². The van der Waals surface area contributed by atoms with Crippen molar-refractivity contribution >= 4 is 17.7 Å². The number of hydrogen-bond acceptors (Lipinski definition) is 4. The number of hydrogen-bond donors (Lipinski definition) is 1. The molecular formula is C14H20N2O2S. The van der Waals surface area contributed by atoms with Crippen LogP contribution in [0, 0.1) is 6.92 Å². The van der Waals surface area contributed by atoms with Gasteiger partial charge in [0.05, 0.1) is 13.2 Å². The van der Waals surface area contributed by atoms with Gasteiger partial charge in [-0.05, 0) is 24.1 Å². The van der Waals surface area contributed by atoms with Gasteiger partial charge in [-0.15, -0.1) is 11.8 Å². The maximum absolute atomic E-state index is 12.2. The van der Waals surface area contributed by atoms with Gasteiger partial charge in [-0.1, -0.05) is 12.1 Å². The Labute approximate surface area is 118 Å². The van der Waals surface area contributed by atoms with Crippen LogP contribution in [0.4, 0.5) is 0 Å². The summed E-state index contributed by atoms with van der Waals surface area (Å²) in [6.45, 7) is 2.64. The van der Waals surface area contributed by atoms with E-state index in [2.05, 4.69) is 11.4 Å². The minimum atomic E-state index is -0.0330. The average molecular weight is 280 g/mol. The van der Waals surface area contributed by atoms with Crippen molar-refractivity contribution in [2.75, 3.05) is 25.8 Å². The van der Waals surface area contributed by atoms with Crippen LogP contribution in [-0.4, -0.2) is 42.6 Å². The number of benzene rings is 1. The summed E-state index contributed by atoms with van der Waals surface area (Å²) in [6, 6.07) is 5.99. The second-order valence-electron chi connectivity index (χ2n) is 4.77. The Morgan fingerprint density at radius 3 is 2.95 bits per heavy atom. The fourth-order valence-corrected chi connectivity index (χ4v) is 3.14. The first-order chi connectivity index (χ1) is 9.11. The van der Waals surface area contributed by atoms with Gasteiger partial charge in [-0.3, -0.25) is 10.1 Å². The van der Waals surface area contributed by atoms with Crippen LogP contribution >= 0.6 is 11.8 Å². The number of likely N-dealkylation sites (N-methyl/N-ethyl adjacent to an activating group) is 1. The molecule has 0 aliphatic carbocycles. The third kappa shape index (κ3) is 3.42. The van der Waals surface area contributed by atoms with E-state index in [9.17, 15) is 4.79 Å². The van der Waals surface area contributed by atoms with E-state index in [4.69, 9.17) is 4.74 Å². The molecule has 1 aromatic rings. The van der Waals surface area contributed by atoms with E-state index in [0.717, 1.165) is 28.5 Å². The Kier molecular flexibility index (Phi) is 4.71. The second kappa shape index (κ2) is 6.30. The number of ether oxygens (including phenoxy) is 1. The topological polar surface area (TPSA) is 41.6 Å². The van der Waals surface area contributed by atoms with Crippen LogP contribution in [0.2, 0.25) is 0 Å². The lowest BCUT2D eigenvalue weighted by Gasteiger charge is -2.21. The van der Waals surface area contributed by atoms with Crippen molar-refractivity contribution in [1.82, 2.24) is 10.2 Å². The van der Waals surface area contributed by atoms with Gasteiger partial charge in [0.1, 0.15) is 5.75 Å². The van der Waals surface area contributed by atoms with E-state index < -0.39 is 0 Å². The summed E-state index contributed by atoms with van der Waals surface area (Å²) < 4.78 is 5.24. The first-order valence-electron chi connectivity index (χ1n) is 6.31. The number of aryl methyl sites for hydroxylation is 1. The van der Waals surface area contributed by atoms with Crippen LogP contribution < -0.4 is 10.1 Å². The standard InChI is InChI=1S/C14H20N2O2S/c1-10-6-11(4-5-13(10)18-3)7-16(2)14(17)12-8-19-9-15-12/h4-6,12,15H,7-9H2,1-3H3/t12-/m0/s1. The number of carbonyl (C=O) groups excluding carboxylic acids is 1. The first kappa shape index (κ1) is 14.2.